The van der Waals surface area contributed by atoms with Crippen LogP contribution in [0.1, 0.15) is 13.8 Å². The summed E-state index contributed by atoms with van der Waals surface area (Å²) in [6, 6.07) is 2.39. The van der Waals surface area contributed by atoms with Crippen LogP contribution in [0.15, 0.2) is 12.1 Å². The minimum absolute atomic E-state index is 0.0168. The highest BCUT2D eigenvalue weighted by Crippen LogP contribution is 2.28. The third-order valence-electron chi connectivity index (χ3n) is 1.68. The monoisotopic (exact) mass is 324 g/mol. The Bertz CT molecular complexity index is 396. The first-order valence-corrected chi connectivity index (χ1v) is 5.39. The Kier molecular flexibility index (Phi) is 3.83. The Balaban J connectivity index is 3.22. The molecule has 0 atom stereocenters. The van der Waals surface area contributed by atoms with E-state index < -0.39 is 10.7 Å². The molecule has 1 rings (SSSR count). The molecule has 0 heterocycles. The average molecular weight is 324 g/mol. The molecule has 0 saturated heterocycles. The maximum absolute atomic E-state index is 13.2. The minimum Gasteiger partial charge on any atom is -0.377 e. The van der Waals surface area contributed by atoms with E-state index in [1.165, 1.54) is 6.07 Å². The number of benzene rings is 1. The molecule has 0 unspecified atom stereocenters. The predicted molar refractivity (Wildman–Crippen MR) is 64.5 cm³/mol. The molecule has 0 saturated carbocycles. The third kappa shape index (κ3) is 3.01. The van der Waals surface area contributed by atoms with E-state index in [4.69, 9.17) is 0 Å². The van der Waals surface area contributed by atoms with Gasteiger partial charge in [-0.1, -0.05) is 0 Å². The Labute approximate surface area is 100 Å². The van der Waals surface area contributed by atoms with Crippen LogP contribution in [0, 0.1) is 19.5 Å². The Morgan fingerprint density at radius 1 is 1.53 bits per heavy atom. The maximum atomic E-state index is 13.2. The number of hydrogen-bond donors (Lipinski definition) is 1. The fraction of sp³-hybridized carbons (Fsp3) is 0.333. The zero-order valence-corrected chi connectivity index (χ0v) is 10.4. The molecule has 1 N–H and O–H groups in total. The molecule has 0 aliphatic carbocycles. The van der Waals surface area contributed by atoms with Crippen LogP contribution in [0.3, 0.4) is 0 Å². The number of nitro groups is 1. The lowest BCUT2D eigenvalue weighted by Gasteiger charge is -2.10. The molecule has 0 aliphatic rings. The molecule has 0 amide bonds. The molecule has 15 heavy (non-hydrogen) atoms. The van der Waals surface area contributed by atoms with Crippen molar-refractivity contribution in [3.05, 3.63) is 31.6 Å². The smallest absolute Gasteiger partial charge is 0.293 e. The van der Waals surface area contributed by atoms with Crippen molar-refractivity contribution in [3.63, 3.8) is 0 Å². The van der Waals surface area contributed by atoms with E-state index in [9.17, 15) is 14.5 Å². The summed E-state index contributed by atoms with van der Waals surface area (Å²) in [4.78, 5) is 10.2. The van der Waals surface area contributed by atoms with E-state index in [1.807, 2.05) is 13.8 Å². The summed E-state index contributed by atoms with van der Waals surface area (Å²) in [5, 5.41) is 13.5. The second-order valence-electron chi connectivity index (χ2n) is 3.34. The standard InChI is InChI=1S/C9H10FIN2O2/c1-5(2)12-8-3-6(10)7(11)4-9(8)13(14)15/h3-5,12H,1-2H3. The number of hydrogen-bond acceptors (Lipinski definition) is 3. The molecule has 0 aromatic heterocycles. The van der Waals surface area contributed by atoms with Crippen molar-refractivity contribution in [3.8, 4) is 0 Å². The van der Waals surface area contributed by atoms with Crippen LogP contribution in [0.4, 0.5) is 15.8 Å². The third-order valence-corrected chi connectivity index (χ3v) is 2.51. The number of rotatable bonds is 3. The van der Waals surface area contributed by atoms with Gasteiger partial charge in [0.15, 0.2) is 0 Å². The number of nitrogens with one attached hydrogen (secondary N) is 1. The molecule has 82 valence electrons. The highest BCUT2D eigenvalue weighted by atomic mass is 127. The van der Waals surface area contributed by atoms with Gasteiger partial charge in [-0.3, -0.25) is 10.1 Å². The van der Waals surface area contributed by atoms with Crippen molar-refractivity contribution >= 4 is 34.0 Å². The quantitative estimate of drug-likeness (QED) is 0.528. The highest BCUT2D eigenvalue weighted by Gasteiger charge is 2.17. The van der Waals surface area contributed by atoms with Crippen LogP contribution < -0.4 is 5.32 Å². The normalized spacial score (nSPS) is 10.5. The predicted octanol–water partition coefficient (Wildman–Crippen LogP) is 3.16. The molecule has 0 aliphatic heterocycles. The summed E-state index contributed by atoms with van der Waals surface area (Å²) in [5.41, 5.74) is 0.113. The SMILES string of the molecule is CC(C)Nc1cc(F)c(I)cc1[N+](=O)[O-]. The topological polar surface area (TPSA) is 55.2 Å². The fourth-order valence-corrected chi connectivity index (χ4v) is 1.56. The second-order valence-corrected chi connectivity index (χ2v) is 4.50. The van der Waals surface area contributed by atoms with Crippen molar-refractivity contribution in [2.45, 2.75) is 19.9 Å². The average Bonchev–Trinajstić information content (AvgIpc) is 2.09. The van der Waals surface area contributed by atoms with Gasteiger partial charge >= 0.3 is 0 Å². The Morgan fingerprint density at radius 2 is 2.13 bits per heavy atom. The molecule has 0 radical (unpaired) electrons. The summed E-state index contributed by atoms with van der Waals surface area (Å²) >= 11 is 1.73. The van der Waals surface area contributed by atoms with Crippen molar-refractivity contribution < 1.29 is 9.31 Å². The largest absolute Gasteiger partial charge is 0.377 e. The van der Waals surface area contributed by atoms with Crippen molar-refractivity contribution in [2.24, 2.45) is 0 Å². The Hall–Kier alpha value is -0.920. The maximum Gasteiger partial charge on any atom is 0.293 e. The van der Waals surface area contributed by atoms with Gasteiger partial charge in [-0.2, -0.15) is 0 Å². The lowest BCUT2D eigenvalue weighted by Crippen LogP contribution is -2.11. The van der Waals surface area contributed by atoms with E-state index in [0.29, 0.717) is 0 Å². The summed E-state index contributed by atoms with van der Waals surface area (Å²) in [5.74, 6) is -0.454. The van der Waals surface area contributed by atoms with Crippen LogP contribution in [0.2, 0.25) is 0 Å². The lowest BCUT2D eigenvalue weighted by atomic mass is 10.2. The lowest BCUT2D eigenvalue weighted by molar-refractivity contribution is -0.384. The zero-order chi connectivity index (χ0) is 11.6. The van der Waals surface area contributed by atoms with Gasteiger partial charge in [0.25, 0.3) is 5.69 Å². The van der Waals surface area contributed by atoms with Gasteiger partial charge in [0, 0.05) is 18.2 Å². The molecule has 1 aromatic rings. The molecule has 0 fully saturated rings. The van der Waals surface area contributed by atoms with Crippen LogP contribution in [-0.2, 0) is 0 Å². The Morgan fingerprint density at radius 3 is 2.60 bits per heavy atom. The molecule has 1 aromatic carbocycles. The van der Waals surface area contributed by atoms with Crippen LogP contribution in [0.5, 0.6) is 0 Å². The van der Waals surface area contributed by atoms with Crippen molar-refractivity contribution in [2.75, 3.05) is 5.32 Å². The van der Waals surface area contributed by atoms with E-state index in [0.717, 1.165) is 6.07 Å². The van der Waals surface area contributed by atoms with E-state index in [1.54, 1.807) is 22.6 Å². The molecule has 4 nitrogen and oxygen atoms in total. The molecular formula is C9H10FIN2O2. The number of halogens is 2. The molecule has 0 bridgehead atoms. The zero-order valence-electron chi connectivity index (χ0n) is 8.25. The molecular weight excluding hydrogens is 314 g/mol. The number of nitro benzene ring substituents is 1. The van der Waals surface area contributed by atoms with Gasteiger partial charge in [-0.25, -0.2) is 4.39 Å². The van der Waals surface area contributed by atoms with Gasteiger partial charge < -0.3 is 5.32 Å². The second kappa shape index (κ2) is 4.73. The van der Waals surface area contributed by atoms with Crippen LogP contribution in [0.25, 0.3) is 0 Å². The highest BCUT2D eigenvalue weighted by molar-refractivity contribution is 14.1. The summed E-state index contributed by atoms with van der Waals surface area (Å²) in [6.45, 7) is 3.67. The first-order valence-electron chi connectivity index (χ1n) is 4.31. The summed E-state index contributed by atoms with van der Waals surface area (Å²) in [6.07, 6.45) is 0. The van der Waals surface area contributed by atoms with Gasteiger partial charge in [-0.05, 0) is 36.4 Å². The molecule has 0 spiro atoms. The van der Waals surface area contributed by atoms with Crippen LogP contribution in [-0.4, -0.2) is 11.0 Å². The van der Waals surface area contributed by atoms with Crippen molar-refractivity contribution in [1.29, 1.82) is 0 Å². The van der Waals surface area contributed by atoms with Gasteiger partial charge in [0.05, 0.1) is 8.49 Å². The first-order chi connectivity index (χ1) is 6.91. The summed E-state index contributed by atoms with van der Waals surface area (Å²) < 4.78 is 13.4. The van der Waals surface area contributed by atoms with Crippen LogP contribution >= 0.6 is 22.6 Å². The fourth-order valence-electron chi connectivity index (χ4n) is 1.11. The van der Waals surface area contributed by atoms with Gasteiger partial charge in [-0.15, -0.1) is 0 Å². The van der Waals surface area contributed by atoms with E-state index in [-0.39, 0.29) is 21.0 Å². The van der Waals surface area contributed by atoms with E-state index in [2.05, 4.69) is 5.32 Å². The van der Waals surface area contributed by atoms with E-state index >= 15 is 0 Å². The molecule has 6 heteroatoms. The number of anilines is 1. The van der Waals surface area contributed by atoms with Gasteiger partial charge in [0.1, 0.15) is 11.5 Å². The summed E-state index contributed by atoms with van der Waals surface area (Å²) in [7, 11) is 0. The minimum atomic E-state index is -0.522. The van der Waals surface area contributed by atoms with Gasteiger partial charge in [0.2, 0.25) is 0 Å². The number of nitrogens with zero attached hydrogens (tertiary/aromatic N) is 1. The van der Waals surface area contributed by atoms with Crippen molar-refractivity contribution in [1.82, 2.24) is 0 Å². The first kappa shape index (κ1) is 12.2.